The van der Waals surface area contributed by atoms with Crippen LogP contribution in [-0.4, -0.2) is 54.2 Å². The molecule has 2 aromatic carbocycles. The molecule has 1 aliphatic rings. The number of hydrogen-bond acceptors (Lipinski definition) is 5. The Kier molecular flexibility index (Phi) is 6.06. The van der Waals surface area contributed by atoms with Crippen molar-refractivity contribution in [1.29, 1.82) is 0 Å². The first-order valence-corrected chi connectivity index (χ1v) is 9.89. The van der Waals surface area contributed by atoms with Crippen LogP contribution in [0.2, 0.25) is 5.02 Å². The smallest absolute Gasteiger partial charge is 0.297 e. The molecule has 1 fully saturated rings. The van der Waals surface area contributed by atoms with Gasteiger partial charge in [-0.3, -0.25) is 4.90 Å². The predicted octanol–water partition coefficient (Wildman–Crippen LogP) is 4.42. The second-order valence-electron chi connectivity index (χ2n) is 6.83. The molecule has 0 amide bonds. The van der Waals surface area contributed by atoms with Gasteiger partial charge in [-0.25, -0.2) is 18.7 Å². The van der Waals surface area contributed by atoms with Crippen molar-refractivity contribution in [2.45, 2.75) is 6.43 Å². The lowest BCUT2D eigenvalue weighted by Gasteiger charge is -2.35. The number of benzene rings is 2. The number of ether oxygens (including phenoxy) is 1. The molecular formula is C21H21ClF2N4O. The summed E-state index contributed by atoms with van der Waals surface area (Å²) in [5.41, 5.74) is 0.545. The Morgan fingerprint density at radius 2 is 1.69 bits per heavy atom. The Morgan fingerprint density at radius 1 is 0.966 bits per heavy atom. The summed E-state index contributed by atoms with van der Waals surface area (Å²) in [5, 5.41) is 1.40. The number of halogens is 3. The second-order valence-corrected chi connectivity index (χ2v) is 7.24. The largest absolute Gasteiger partial charge is 0.491 e. The number of piperazine rings is 1. The molecule has 1 aromatic heterocycles. The first-order valence-electron chi connectivity index (χ1n) is 9.51. The van der Waals surface area contributed by atoms with Crippen molar-refractivity contribution in [1.82, 2.24) is 14.9 Å². The molecule has 5 nitrogen and oxygen atoms in total. The van der Waals surface area contributed by atoms with Gasteiger partial charge in [-0.2, -0.15) is 0 Å². The van der Waals surface area contributed by atoms with Gasteiger partial charge in [-0.15, -0.1) is 0 Å². The molecule has 8 heteroatoms. The normalized spacial score (nSPS) is 15.2. The van der Waals surface area contributed by atoms with Crippen LogP contribution in [-0.2, 0) is 0 Å². The standard InChI is InChI=1S/C21H21ClF2N4O/c22-16-6-2-4-8-18(16)29-14-13-27-9-11-28(12-10-27)21-15-5-1-3-7-17(15)25-20(26-21)19(23)24/h1-8,19H,9-14H2. The van der Waals surface area contributed by atoms with Gasteiger partial charge >= 0.3 is 0 Å². The summed E-state index contributed by atoms with van der Waals surface area (Å²) in [6, 6.07) is 14.7. The van der Waals surface area contributed by atoms with E-state index in [1.165, 1.54) is 0 Å². The van der Waals surface area contributed by atoms with E-state index in [0.29, 0.717) is 41.8 Å². The zero-order valence-corrected chi connectivity index (χ0v) is 16.5. The fourth-order valence-corrected chi connectivity index (χ4v) is 3.64. The fourth-order valence-electron chi connectivity index (χ4n) is 3.45. The molecule has 0 atom stereocenters. The Bertz CT molecular complexity index is 980. The third-order valence-corrected chi connectivity index (χ3v) is 5.28. The van der Waals surface area contributed by atoms with Crippen LogP contribution in [0.1, 0.15) is 12.2 Å². The molecule has 0 N–H and O–H groups in total. The highest BCUT2D eigenvalue weighted by molar-refractivity contribution is 6.32. The van der Waals surface area contributed by atoms with Crippen molar-refractivity contribution in [3.8, 4) is 5.75 Å². The summed E-state index contributed by atoms with van der Waals surface area (Å²) >= 11 is 6.10. The number of alkyl halides is 2. The van der Waals surface area contributed by atoms with Crippen molar-refractivity contribution in [2.75, 3.05) is 44.2 Å². The minimum atomic E-state index is -2.69. The highest BCUT2D eigenvalue weighted by atomic mass is 35.5. The van der Waals surface area contributed by atoms with Gasteiger partial charge in [-0.05, 0) is 24.3 Å². The summed E-state index contributed by atoms with van der Waals surface area (Å²) in [4.78, 5) is 12.5. The lowest BCUT2D eigenvalue weighted by Crippen LogP contribution is -2.48. The number of rotatable bonds is 6. The van der Waals surface area contributed by atoms with Crippen molar-refractivity contribution in [3.05, 3.63) is 59.4 Å². The van der Waals surface area contributed by atoms with Crippen molar-refractivity contribution in [2.24, 2.45) is 0 Å². The van der Waals surface area contributed by atoms with E-state index >= 15 is 0 Å². The van der Waals surface area contributed by atoms with Crippen molar-refractivity contribution in [3.63, 3.8) is 0 Å². The number of fused-ring (bicyclic) bond motifs is 1. The molecule has 3 aromatic rings. The maximum atomic E-state index is 13.2. The van der Waals surface area contributed by atoms with Crippen LogP contribution in [0.15, 0.2) is 48.5 Å². The van der Waals surface area contributed by atoms with E-state index in [4.69, 9.17) is 16.3 Å². The lowest BCUT2D eigenvalue weighted by molar-refractivity contribution is 0.140. The zero-order chi connectivity index (χ0) is 20.2. The predicted molar refractivity (Wildman–Crippen MR) is 110 cm³/mol. The minimum Gasteiger partial charge on any atom is -0.491 e. The van der Waals surface area contributed by atoms with Gasteiger partial charge in [0, 0.05) is 38.1 Å². The van der Waals surface area contributed by atoms with Crippen LogP contribution in [0.3, 0.4) is 0 Å². The first-order chi connectivity index (χ1) is 14.1. The molecule has 0 aliphatic carbocycles. The molecule has 29 heavy (non-hydrogen) atoms. The highest BCUT2D eigenvalue weighted by Gasteiger charge is 2.22. The summed E-state index contributed by atoms with van der Waals surface area (Å²) in [7, 11) is 0. The number of aromatic nitrogens is 2. The van der Waals surface area contributed by atoms with Crippen LogP contribution >= 0.6 is 11.6 Å². The van der Waals surface area contributed by atoms with Crippen LogP contribution in [0.4, 0.5) is 14.6 Å². The molecule has 0 unspecified atom stereocenters. The number of anilines is 1. The molecular weight excluding hydrogens is 398 g/mol. The molecule has 152 valence electrons. The molecule has 1 saturated heterocycles. The van der Waals surface area contributed by atoms with Crippen LogP contribution in [0.25, 0.3) is 10.9 Å². The van der Waals surface area contributed by atoms with Crippen LogP contribution in [0.5, 0.6) is 5.75 Å². The minimum absolute atomic E-state index is 0.422. The van der Waals surface area contributed by atoms with E-state index < -0.39 is 12.2 Å². The van der Waals surface area contributed by atoms with E-state index in [1.807, 2.05) is 30.3 Å². The Labute approximate surface area is 172 Å². The third-order valence-electron chi connectivity index (χ3n) is 4.97. The number of para-hydroxylation sites is 2. The summed E-state index contributed by atoms with van der Waals surface area (Å²) in [5.74, 6) is 0.840. The number of nitrogens with zero attached hydrogens (tertiary/aromatic N) is 4. The topological polar surface area (TPSA) is 41.5 Å². The van der Waals surface area contributed by atoms with E-state index in [1.54, 1.807) is 18.2 Å². The molecule has 0 bridgehead atoms. The molecule has 2 heterocycles. The van der Waals surface area contributed by atoms with Gasteiger partial charge in [0.05, 0.1) is 10.5 Å². The third kappa shape index (κ3) is 4.57. The van der Waals surface area contributed by atoms with E-state index in [0.717, 1.165) is 25.0 Å². The van der Waals surface area contributed by atoms with Crippen molar-refractivity contribution < 1.29 is 13.5 Å². The van der Waals surface area contributed by atoms with Gasteiger partial charge < -0.3 is 9.64 Å². The monoisotopic (exact) mass is 418 g/mol. The van der Waals surface area contributed by atoms with Crippen LogP contribution < -0.4 is 9.64 Å². The lowest BCUT2D eigenvalue weighted by atomic mass is 10.2. The maximum absolute atomic E-state index is 13.2. The molecule has 0 saturated carbocycles. The molecule has 0 spiro atoms. The molecule has 0 radical (unpaired) electrons. The van der Waals surface area contributed by atoms with Gasteiger partial charge in [-0.1, -0.05) is 35.9 Å². The average molecular weight is 419 g/mol. The quantitative estimate of drug-likeness (QED) is 0.592. The Balaban J connectivity index is 1.39. The first kappa shape index (κ1) is 19.8. The highest BCUT2D eigenvalue weighted by Crippen LogP contribution is 2.28. The Hall–Kier alpha value is -2.51. The summed E-state index contributed by atoms with van der Waals surface area (Å²) in [6.07, 6.45) is -2.69. The molecule has 4 rings (SSSR count). The average Bonchev–Trinajstić information content (AvgIpc) is 2.75. The maximum Gasteiger partial charge on any atom is 0.297 e. The van der Waals surface area contributed by atoms with Crippen molar-refractivity contribution >= 4 is 28.3 Å². The number of hydrogen-bond donors (Lipinski definition) is 0. The zero-order valence-electron chi connectivity index (χ0n) is 15.8. The SMILES string of the molecule is FC(F)c1nc(N2CCN(CCOc3ccccc3Cl)CC2)c2ccccc2n1. The Morgan fingerprint density at radius 3 is 2.45 bits per heavy atom. The van der Waals surface area contributed by atoms with Gasteiger partial charge in [0.1, 0.15) is 18.2 Å². The summed E-state index contributed by atoms with van der Waals surface area (Å²) in [6.45, 7) is 4.32. The van der Waals surface area contributed by atoms with Gasteiger partial charge in [0.2, 0.25) is 0 Å². The van der Waals surface area contributed by atoms with Gasteiger partial charge in [0.15, 0.2) is 5.82 Å². The van der Waals surface area contributed by atoms with Gasteiger partial charge in [0.25, 0.3) is 6.43 Å². The summed E-state index contributed by atoms with van der Waals surface area (Å²) < 4.78 is 32.2. The van der Waals surface area contributed by atoms with E-state index in [-0.39, 0.29) is 0 Å². The van der Waals surface area contributed by atoms with E-state index in [2.05, 4.69) is 19.8 Å². The fraction of sp³-hybridized carbons (Fsp3) is 0.333. The molecule has 1 aliphatic heterocycles. The van der Waals surface area contributed by atoms with E-state index in [9.17, 15) is 8.78 Å². The second kappa shape index (κ2) is 8.88. The van der Waals surface area contributed by atoms with Crippen LogP contribution in [0, 0.1) is 0 Å².